The number of carbonyl (C=O) groups excluding carboxylic acids is 2. The minimum Gasteiger partial charge on any atom is -0.368 e. The average Bonchev–Trinajstić information content (AvgIpc) is 2.68. The number of nitrogens with zero attached hydrogens (tertiary/aromatic N) is 3. The normalized spacial score (nSPS) is 14.1. The van der Waals surface area contributed by atoms with Crippen molar-refractivity contribution >= 4 is 23.2 Å². The Kier molecular flexibility index (Phi) is 6.02. The van der Waals surface area contributed by atoms with Crippen molar-refractivity contribution in [3.63, 3.8) is 0 Å². The molecular formula is C23H29N3O2. The lowest BCUT2D eigenvalue weighted by Gasteiger charge is -2.37. The minimum atomic E-state index is -0.111. The standard InChI is InChI=1S/C23H29N3O2/c1-17-6-5-7-21(14-17)24-10-12-25(13-11-24)23(28)16-26(20(4)27)22-15-18(2)8-9-19(22)3/h5-9,14-15H,10-13,16H2,1-4H3. The molecule has 0 N–H and O–H groups in total. The van der Waals surface area contributed by atoms with Crippen LogP contribution in [0.4, 0.5) is 11.4 Å². The Morgan fingerprint density at radius 3 is 2.25 bits per heavy atom. The minimum absolute atomic E-state index is 0.00000152. The molecular weight excluding hydrogens is 350 g/mol. The van der Waals surface area contributed by atoms with Crippen molar-refractivity contribution < 1.29 is 9.59 Å². The van der Waals surface area contributed by atoms with E-state index >= 15 is 0 Å². The van der Waals surface area contributed by atoms with Crippen LogP contribution in [0, 0.1) is 20.8 Å². The van der Waals surface area contributed by atoms with E-state index in [0.717, 1.165) is 29.9 Å². The highest BCUT2D eigenvalue weighted by atomic mass is 16.2. The quantitative estimate of drug-likeness (QED) is 0.819. The van der Waals surface area contributed by atoms with Gasteiger partial charge in [-0.25, -0.2) is 0 Å². The molecule has 1 aliphatic heterocycles. The third-order valence-corrected chi connectivity index (χ3v) is 5.33. The van der Waals surface area contributed by atoms with Gasteiger partial charge in [-0.1, -0.05) is 24.3 Å². The highest BCUT2D eigenvalue weighted by molar-refractivity contribution is 5.98. The molecule has 0 aliphatic carbocycles. The van der Waals surface area contributed by atoms with Gasteiger partial charge in [-0.2, -0.15) is 0 Å². The Bertz CT molecular complexity index is 870. The lowest BCUT2D eigenvalue weighted by atomic mass is 10.1. The highest BCUT2D eigenvalue weighted by Crippen LogP contribution is 2.22. The van der Waals surface area contributed by atoms with Gasteiger partial charge in [0.1, 0.15) is 6.54 Å². The van der Waals surface area contributed by atoms with Crippen molar-refractivity contribution in [1.29, 1.82) is 0 Å². The maximum absolute atomic E-state index is 12.9. The van der Waals surface area contributed by atoms with E-state index in [-0.39, 0.29) is 18.4 Å². The van der Waals surface area contributed by atoms with Crippen molar-refractivity contribution in [1.82, 2.24) is 4.90 Å². The van der Waals surface area contributed by atoms with E-state index in [0.29, 0.717) is 13.1 Å². The summed E-state index contributed by atoms with van der Waals surface area (Å²) in [7, 11) is 0. The zero-order valence-corrected chi connectivity index (χ0v) is 17.2. The zero-order chi connectivity index (χ0) is 20.3. The number of anilines is 2. The molecule has 0 bridgehead atoms. The fraction of sp³-hybridized carbons (Fsp3) is 0.391. The van der Waals surface area contributed by atoms with Crippen molar-refractivity contribution in [2.24, 2.45) is 0 Å². The second kappa shape index (κ2) is 8.46. The molecule has 1 fully saturated rings. The second-order valence-electron chi connectivity index (χ2n) is 7.60. The Labute approximate surface area is 167 Å². The van der Waals surface area contributed by atoms with Crippen LogP contribution < -0.4 is 9.80 Å². The van der Waals surface area contributed by atoms with Crippen LogP contribution in [0.25, 0.3) is 0 Å². The van der Waals surface area contributed by atoms with Crippen LogP contribution in [0.2, 0.25) is 0 Å². The van der Waals surface area contributed by atoms with E-state index in [9.17, 15) is 9.59 Å². The molecule has 0 atom stereocenters. The predicted molar refractivity (Wildman–Crippen MR) is 114 cm³/mol. The molecule has 0 spiro atoms. The number of carbonyl (C=O) groups is 2. The molecule has 2 aromatic rings. The van der Waals surface area contributed by atoms with Gasteiger partial charge in [0.2, 0.25) is 11.8 Å². The molecule has 28 heavy (non-hydrogen) atoms. The van der Waals surface area contributed by atoms with E-state index in [2.05, 4.69) is 36.1 Å². The number of piperazine rings is 1. The molecule has 1 aliphatic rings. The van der Waals surface area contributed by atoms with Gasteiger partial charge in [0.25, 0.3) is 0 Å². The first kappa shape index (κ1) is 19.9. The molecule has 0 unspecified atom stereocenters. The molecule has 1 saturated heterocycles. The Morgan fingerprint density at radius 1 is 0.929 bits per heavy atom. The summed E-state index contributed by atoms with van der Waals surface area (Å²) in [6.45, 7) is 10.6. The monoisotopic (exact) mass is 379 g/mol. The van der Waals surface area contributed by atoms with E-state index in [1.807, 2.05) is 36.9 Å². The van der Waals surface area contributed by atoms with Crippen LogP contribution in [0.5, 0.6) is 0 Å². The van der Waals surface area contributed by atoms with Crippen LogP contribution >= 0.6 is 0 Å². The number of rotatable bonds is 4. The summed E-state index contributed by atoms with van der Waals surface area (Å²) in [5, 5.41) is 0. The summed E-state index contributed by atoms with van der Waals surface area (Å²) in [4.78, 5) is 30.9. The van der Waals surface area contributed by atoms with E-state index in [1.54, 1.807) is 4.90 Å². The zero-order valence-electron chi connectivity index (χ0n) is 17.2. The van der Waals surface area contributed by atoms with Gasteiger partial charge in [-0.3, -0.25) is 9.59 Å². The third kappa shape index (κ3) is 4.53. The Morgan fingerprint density at radius 2 is 1.61 bits per heavy atom. The Hall–Kier alpha value is -2.82. The fourth-order valence-electron chi connectivity index (χ4n) is 3.65. The summed E-state index contributed by atoms with van der Waals surface area (Å²) in [6, 6.07) is 14.4. The second-order valence-corrected chi connectivity index (χ2v) is 7.60. The number of amides is 2. The lowest BCUT2D eigenvalue weighted by molar-refractivity contribution is -0.131. The van der Waals surface area contributed by atoms with Crippen LogP contribution in [0.15, 0.2) is 42.5 Å². The maximum atomic E-state index is 12.9. The summed E-state index contributed by atoms with van der Waals surface area (Å²) in [5.41, 5.74) is 5.33. The highest BCUT2D eigenvalue weighted by Gasteiger charge is 2.25. The first-order valence-electron chi connectivity index (χ1n) is 9.80. The molecule has 148 valence electrons. The largest absolute Gasteiger partial charge is 0.368 e. The van der Waals surface area contributed by atoms with E-state index in [4.69, 9.17) is 0 Å². The van der Waals surface area contributed by atoms with Gasteiger partial charge in [0.15, 0.2) is 0 Å². The topological polar surface area (TPSA) is 43.9 Å². The number of benzene rings is 2. The molecule has 3 rings (SSSR count). The van der Waals surface area contributed by atoms with Gasteiger partial charge in [0.05, 0.1) is 0 Å². The van der Waals surface area contributed by atoms with Crippen LogP contribution in [-0.4, -0.2) is 49.4 Å². The lowest BCUT2D eigenvalue weighted by Crippen LogP contribution is -2.52. The fourth-order valence-corrected chi connectivity index (χ4v) is 3.65. The maximum Gasteiger partial charge on any atom is 0.242 e. The van der Waals surface area contributed by atoms with Gasteiger partial charge >= 0.3 is 0 Å². The molecule has 2 amide bonds. The summed E-state index contributed by atoms with van der Waals surface area (Å²) >= 11 is 0. The van der Waals surface area contributed by atoms with Crippen molar-refractivity contribution in [2.45, 2.75) is 27.7 Å². The number of aryl methyl sites for hydroxylation is 3. The number of hydrogen-bond acceptors (Lipinski definition) is 3. The van der Waals surface area contributed by atoms with Gasteiger partial charge in [-0.15, -0.1) is 0 Å². The Balaban J connectivity index is 1.65. The van der Waals surface area contributed by atoms with Crippen LogP contribution in [-0.2, 0) is 9.59 Å². The predicted octanol–water partition coefficient (Wildman–Crippen LogP) is 3.31. The molecule has 0 saturated carbocycles. The van der Waals surface area contributed by atoms with Crippen LogP contribution in [0.3, 0.4) is 0 Å². The van der Waals surface area contributed by atoms with Gasteiger partial charge in [-0.05, 0) is 55.7 Å². The molecule has 5 heteroatoms. The SMILES string of the molecule is CC(=O)N(CC(=O)N1CCN(c2cccc(C)c2)CC1)c1cc(C)ccc1C. The summed E-state index contributed by atoms with van der Waals surface area (Å²) in [6.07, 6.45) is 0. The molecule has 2 aromatic carbocycles. The molecule has 5 nitrogen and oxygen atoms in total. The molecule has 0 aromatic heterocycles. The van der Waals surface area contributed by atoms with Crippen molar-refractivity contribution in [2.75, 3.05) is 42.5 Å². The first-order valence-corrected chi connectivity index (χ1v) is 9.80. The van der Waals surface area contributed by atoms with Gasteiger partial charge in [0, 0.05) is 44.5 Å². The third-order valence-electron chi connectivity index (χ3n) is 5.33. The smallest absolute Gasteiger partial charge is 0.242 e. The van der Waals surface area contributed by atoms with Crippen LogP contribution in [0.1, 0.15) is 23.6 Å². The summed E-state index contributed by atoms with van der Waals surface area (Å²) in [5.74, 6) is -0.111. The molecule has 0 radical (unpaired) electrons. The van der Waals surface area contributed by atoms with Gasteiger partial charge < -0.3 is 14.7 Å². The number of hydrogen-bond donors (Lipinski definition) is 0. The van der Waals surface area contributed by atoms with E-state index in [1.165, 1.54) is 18.2 Å². The van der Waals surface area contributed by atoms with Crippen molar-refractivity contribution in [3.8, 4) is 0 Å². The first-order chi connectivity index (χ1) is 13.3. The summed E-state index contributed by atoms with van der Waals surface area (Å²) < 4.78 is 0. The average molecular weight is 380 g/mol. The van der Waals surface area contributed by atoms with Crippen molar-refractivity contribution in [3.05, 3.63) is 59.2 Å². The molecule has 1 heterocycles. The van der Waals surface area contributed by atoms with E-state index < -0.39 is 0 Å².